The molecule has 2 fully saturated rings. The smallest absolute Gasteiger partial charge is 0.0645 e. The van der Waals surface area contributed by atoms with Gasteiger partial charge in [-0.2, -0.15) is 0 Å². The molecule has 0 aromatic heterocycles. The normalized spacial score (nSPS) is 28.8. The third-order valence-corrected chi connectivity index (χ3v) is 2.80. The number of rotatable bonds is 2. The Morgan fingerprint density at radius 1 is 1.17 bits per heavy atom. The molecule has 0 aromatic rings. The van der Waals surface area contributed by atoms with E-state index in [0.717, 1.165) is 39.4 Å². The lowest BCUT2D eigenvalue weighted by Crippen LogP contribution is -2.57. The molecule has 2 rings (SSSR count). The summed E-state index contributed by atoms with van der Waals surface area (Å²) in [6.07, 6.45) is 0. The van der Waals surface area contributed by atoms with Crippen molar-refractivity contribution in [2.45, 2.75) is 6.04 Å². The van der Waals surface area contributed by atoms with Gasteiger partial charge in [-0.3, -0.25) is 9.80 Å². The average molecular weight is 171 g/mol. The summed E-state index contributed by atoms with van der Waals surface area (Å²) in [4.78, 5) is 4.80. The maximum absolute atomic E-state index is 5.55. The van der Waals surface area contributed by atoms with Gasteiger partial charge in [0, 0.05) is 32.8 Å². The van der Waals surface area contributed by atoms with Crippen molar-refractivity contribution in [2.24, 2.45) is 5.73 Å². The molecule has 0 amide bonds. The molecule has 0 radical (unpaired) electrons. The average Bonchev–Trinajstić information content (AvgIpc) is 2.03. The number of piperazine rings is 1. The van der Waals surface area contributed by atoms with E-state index < -0.39 is 0 Å². The van der Waals surface area contributed by atoms with Gasteiger partial charge in [0.15, 0.2) is 0 Å². The van der Waals surface area contributed by atoms with Gasteiger partial charge in [-0.15, -0.1) is 0 Å². The highest BCUT2D eigenvalue weighted by atomic mass is 16.5. The highest BCUT2D eigenvalue weighted by molar-refractivity contribution is 4.81. The third kappa shape index (κ3) is 1.61. The van der Waals surface area contributed by atoms with E-state index in [1.165, 1.54) is 0 Å². The predicted octanol–water partition coefficient (Wildman–Crippen LogP) is -1.08. The summed E-state index contributed by atoms with van der Waals surface area (Å²) >= 11 is 0. The zero-order chi connectivity index (χ0) is 8.39. The molecular formula is C8H17N3O. The second-order valence-electron chi connectivity index (χ2n) is 3.53. The number of hydrogen-bond acceptors (Lipinski definition) is 4. The van der Waals surface area contributed by atoms with E-state index >= 15 is 0 Å². The highest BCUT2D eigenvalue weighted by Crippen LogP contribution is 2.12. The van der Waals surface area contributed by atoms with Crippen LogP contribution < -0.4 is 5.73 Å². The number of nitrogens with two attached hydrogens (primary N) is 1. The fourth-order valence-corrected chi connectivity index (χ4v) is 1.75. The molecule has 0 bridgehead atoms. The Bertz CT molecular complexity index is 141. The fourth-order valence-electron chi connectivity index (χ4n) is 1.75. The molecule has 2 saturated heterocycles. The second kappa shape index (κ2) is 3.70. The van der Waals surface area contributed by atoms with Gasteiger partial charge < -0.3 is 10.5 Å². The summed E-state index contributed by atoms with van der Waals surface area (Å²) in [6, 6.07) is 0.699. The molecule has 2 aliphatic rings. The Labute approximate surface area is 73.3 Å². The largest absolute Gasteiger partial charge is 0.378 e. The first-order valence-electron chi connectivity index (χ1n) is 4.64. The molecule has 12 heavy (non-hydrogen) atoms. The molecule has 2 aliphatic heterocycles. The van der Waals surface area contributed by atoms with Gasteiger partial charge in [0.05, 0.1) is 19.3 Å². The van der Waals surface area contributed by atoms with Crippen molar-refractivity contribution in [1.29, 1.82) is 0 Å². The van der Waals surface area contributed by atoms with E-state index in [2.05, 4.69) is 9.80 Å². The van der Waals surface area contributed by atoms with Crippen LogP contribution in [0.15, 0.2) is 0 Å². The molecule has 0 aromatic carbocycles. The van der Waals surface area contributed by atoms with E-state index in [1.54, 1.807) is 0 Å². The first-order chi connectivity index (χ1) is 5.90. The lowest BCUT2D eigenvalue weighted by molar-refractivity contribution is -0.0766. The zero-order valence-corrected chi connectivity index (χ0v) is 7.41. The van der Waals surface area contributed by atoms with Crippen molar-refractivity contribution in [3.05, 3.63) is 0 Å². The molecule has 0 unspecified atom stereocenters. The summed E-state index contributed by atoms with van der Waals surface area (Å²) in [5.41, 5.74) is 5.55. The summed E-state index contributed by atoms with van der Waals surface area (Å²) in [7, 11) is 0. The Balaban J connectivity index is 1.74. The van der Waals surface area contributed by atoms with Gasteiger partial charge in [-0.25, -0.2) is 0 Å². The van der Waals surface area contributed by atoms with Gasteiger partial charge in [0.25, 0.3) is 0 Å². The Kier molecular flexibility index (Phi) is 2.60. The molecule has 0 aliphatic carbocycles. The molecule has 2 heterocycles. The van der Waals surface area contributed by atoms with Crippen molar-refractivity contribution in [3.63, 3.8) is 0 Å². The van der Waals surface area contributed by atoms with Crippen molar-refractivity contribution in [3.8, 4) is 0 Å². The molecule has 4 nitrogen and oxygen atoms in total. The monoisotopic (exact) mass is 171 g/mol. The van der Waals surface area contributed by atoms with E-state index in [-0.39, 0.29) is 0 Å². The predicted molar refractivity (Wildman–Crippen MR) is 46.8 cm³/mol. The topological polar surface area (TPSA) is 41.7 Å². The van der Waals surface area contributed by atoms with Crippen LogP contribution in [0.3, 0.4) is 0 Å². The molecule has 0 saturated carbocycles. The van der Waals surface area contributed by atoms with Crippen LogP contribution in [-0.4, -0.2) is 61.9 Å². The molecule has 4 heteroatoms. The summed E-state index contributed by atoms with van der Waals surface area (Å²) in [6.45, 7) is 7.12. The van der Waals surface area contributed by atoms with Crippen LogP contribution in [0.5, 0.6) is 0 Å². The Morgan fingerprint density at radius 2 is 1.83 bits per heavy atom. The highest BCUT2D eigenvalue weighted by Gasteiger charge is 2.28. The van der Waals surface area contributed by atoms with Gasteiger partial charge in [0.1, 0.15) is 0 Å². The first-order valence-corrected chi connectivity index (χ1v) is 4.64. The lowest BCUT2D eigenvalue weighted by Gasteiger charge is -2.42. The lowest BCUT2D eigenvalue weighted by atomic mass is 10.2. The van der Waals surface area contributed by atoms with E-state index in [4.69, 9.17) is 10.5 Å². The minimum atomic E-state index is 0.699. The van der Waals surface area contributed by atoms with E-state index in [9.17, 15) is 0 Å². The van der Waals surface area contributed by atoms with Crippen LogP contribution in [0.25, 0.3) is 0 Å². The minimum absolute atomic E-state index is 0.699. The minimum Gasteiger partial charge on any atom is -0.378 e. The standard InChI is InChI=1S/C8H17N3O/c9-7-10-1-3-11(4-2-10)8-5-12-6-8/h8H,1-7,9H2. The van der Waals surface area contributed by atoms with Crippen LogP contribution in [0, 0.1) is 0 Å². The molecule has 70 valence electrons. The van der Waals surface area contributed by atoms with Crippen LogP contribution in [0.2, 0.25) is 0 Å². The van der Waals surface area contributed by atoms with Gasteiger partial charge in [-0.05, 0) is 0 Å². The van der Waals surface area contributed by atoms with Crippen molar-refractivity contribution >= 4 is 0 Å². The van der Waals surface area contributed by atoms with Gasteiger partial charge in [0.2, 0.25) is 0 Å². The van der Waals surface area contributed by atoms with Crippen LogP contribution in [0.1, 0.15) is 0 Å². The van der Waals surface area contributed by atoms with Gasteiger partial charge in [-0.1, -0.05) is 0 Å². The van der Waals surface area contributed by atoms with Gasteiger partial charge >= 0.3 is 0 Å². The maximum atomic E-state index is 5.55. The molecule has 0 spiro atoms. The summed E-state index contributed by atoms with van der Waals surface area (Å²) in [5, 5.41) is 0. The van der Waals surface area contributed by atoms with E-state index in [0.29, 0.717) is 12.7 Å². The van der Waals surface area contributed by atoms with Crippen LogP contribution in [-0.2, 0) is 4.74 Å². The number of nitrogens with zero attached hydrogens (tertiary/aromatic N) is 2. The quantitative estimate of drug-likeness (QED) is 0.574. The number of ether oxygens (including phenoxy) is 1. The number of hydrogen-bond donors (Lipinski definition) is 1. The third-order valence-electron chi connectivity index (χ3n) is 2.80. The molecular weight excluding hydrogens is 154 g/mol. The second-order valence-corrected chi connectivity index (χ2v) is 3.53. The maximum Gasteiger partial charge on any atom is 0.0645 e. The van der Waals surface area contributed by atoms with Crippen molar-refractivity contribution in [2.75, 3.05) is 46.1 Å². The van der Waals surface area contributed by atoms with E-state index in [1.807, 2.05) is 0 Å². The first kappa shape index (κ1) is 8.44. The zero-order valence-electron chi connectivity index (χ0n) is 7.41. The SMILES string of the molecule is NCN1CCN(C2COC2)CC1. The van der Waals surface area contributed by atoms with Crippen molar-refractivity contribution < 1.29 is 4.74 Å². The van der Waals surface area contributed by atoms with Crippen molar-refractivity contribution in [1.82, 2.24) is 9.80 Å². The van der Waals surface area contributed by atoms with Crippen LogP contribution in [0.4, 0.5) is 0 Å². The summed E-state index contributed by atoms with van der Waals surface area (Å²) < 4.78 is 5.16. The Hall–Kier alpha value is -0.160. The fraction of sp³-hybridized carbons (Fsp3) is 1.00. The Morgan fingerprint density at radius 3 is 2.25 bits per heavy atom. The summed E-state index contributed by atoms with van der Waals surface area (Å²) in [5.74, 6) is 0. The molecule has 2 N–H and O–H groups in total. The van der Waals surface area contributed by atoms with Crippen LogP contribution >= 0.6 is 0 Å². The molecule has 0 atom stereocenters.